The fourth-order valence-corrected chi connectivity index (χ4v) is 4.17. The van der Waals surface area contributed by atoms with Crippen LogP contribution in [-0.4, -0.2) is 15.7 Å². The highest BCUT2D eigenvalue weighted by atomic mass is 35.5. The minimum atomic E-state index is -4.63. The van der Waals surface area contributed by atoms with Gasteiger partial charge in [0.1, 0.15) is 0 Å². The first kappa shape index (κ1) is 23.9. The highest BCUT2D eigenvalue weighted by Crippen LogP contribution is 2.35. The molecule has 0 unspecified atom stereocenters. The largest absolute Gasteiger partial charge is 0.435 e. The standard InChI is InChI=1S/C25H18Cl2F3N3O/c1-14-11-15(2)23(19(27)12-14)31-24(34)17-9-7-16(8-10-17)21-13-22(25(28,29)30)32-33(21)20-6-4-3-5-18(20)26/h3-13H,1-2H3,(H,31,34). The molecule has 0 spiro atoms. The van der Waals surface area contributed by atoms with Gasteiger partial charge in [-0.25, -0.2) is 4.68 Å². The number of para-hydroxylation sites is 1. The molecule has 0 radical (unpaired) electrons. The summed E-state index contributed by atoms with van der Waals surface area (Å²) in [5, 5.41) is 7.21. The van der Waals surface area contributed by atoms with Crippen LogP contribution in [0.5, 0.6) is 0 Å². The molecule has 9 heteroatoms. The van der Waals surface area contributed by atoms with Crippen LogP contribution in [0.25, 0.3) is 16.9 Å². The molecule has 0 saturated heterocycles. The molecular formula is C25H18Cl2F3N3O. The molecule has 4 aromatic rings. The fourth-order valence-electron chi connectivity index (χ4n) is 3.58. The number of aryl methyl sites for hydroxylation is 2. The van der Waals surface area contributed by atoms with Crippen molar-refractivity contribution in [1.29, 1.82) is 0 Å². The van der Waals surface area contributed by atoms with Gasteiger partial charge in [-0.05, 0) is 61.4 Å². The number of benzene rings is 3. The topological polar surface area (TPSA) is 46.9 Å². The number of anilines is 1. The average Bonchev–Trinajstić information content (AvgIpc) is 3.22. The number of nitrogens with zero attached hydrogens (tertiary/aromatic N) is 2. The summed E-state index contributed by atoms with van der Waals surface area (Å²) in [5.74, 6) is -0.393. The zero-order valence-corrected chi connectivity index (χ0v) is 19.6. The maximum Gasteiger partial charge on any atom is 0.435 e. The molecule has 1 N–H and O–H groups in total. The molecule has 0 aliphatic rings. The van der Waals surface area contributed by atoms with Gasteiger partial charge in [0, 0.05) is 11.1 Å². The molecule has 1 aromatic heterocycles. The molecule has 34 heavy (non-hydrogen) atoms. The second-order valence-electron chi connectivity index (χ2n) is 7.75. The number of halogens is 5. The number of alkyl halides is 3. The van der Waals surface area contributed by atoms with E-state index in [-0.39, 0.29) is 10.7 Å². The Morgan fingerprint density at radius 1 is 0.941 bits per heavy atom. The van der Waals surface area contributed by atoms with Crippen LogP contribution in [0.1, 0.15) is 27.2 Å². The van der Waals surface area contributed by atoms with Gasteiger partial charge in [0.05, 0.1) is 27.1 Å². The van der Waals surface area contributed by atoms with Crippen molar-refractivity contribution in [2.75, 3.05) is 5.32 Å². The Morgan fingerprint density at radius 2 is 1.62 bits per heavy atom. The van der Waals surface area contributed by atoms with E-state index >= 15 is 0 Å². The SMILES string of the molecule is Cc1cc(C)c(NC(=O)c2ccc(-c3cc(C(F)(F)F)nn3-c3ccccc3Cl)cc2)c(Cl)c1. The third kappa shape index (κ3) is 4.81. The third-order valence-electron chi connectivity index (χ3n) is 5.19. The number of hydrogen-bond donors (Lipinski definition) is 1. The Bertz CT molecular complexity index is 1360. The summed E-state index contributed by atoms with van der Waals surface area (Å²) in [7, 11) is 0. The molecule has 0 saturated carbocycles. The van der Waals surface area contributed by atoms with Gasteiger partial charge in [0.15, 0.2) is 5.69 Å². The van der Waals surface area contributed by atoms with E-state index in [1.165, 1.54) is 12.1 Å². The first-order chi connectivity index (χ1) is 16.0. The predicted molar refractivity (Wildman–Crippen MR) is 128 cm³/mol. The summed E-state index contributed by atoms with van der Waals surface area (Å²) in [6.45, 7) is 3.74. The summed E-state index contributed by atoms with van der Waals surface area (Å²) >= 11 is 12.5. The van der Waals surface area contributed by atoms with Crippen molar-refractivity contribution in [2.24, 2.45) is 0 Å². The van der Waals surface area contributed by atoms with Crippen molar-refractivity contribution in [2.45, 2.75) is 20.0 Å². The molecule has 1 amide bonds. The molecule has 0 atom stereocenters. The summed E-state index contributed by atoms with van der Waals surface area (Å²) in [4.78, 5) is 12.8. The maximum absolute atomic E-state index is 13.4. The van der Waals surface area contributed by atoms with Crippen molar-refractivity contribution in [3.63, 3.8) is 0 Å². The Morgan fingerprint density at radius 3 is 2.24 bits per heavy atom. The number of aromatic nitrogens is 2. The summed E-state index contributed by atoms with van der Waals surface area (Å²) in [6.07, 6.45) is -4.63. The van der Waals surface area contributed by atoms with Gasteiger partial charge in [-0.2, -0.15) is 18.3 Å². The molecule has 0 aliphatic carbocycles. The van der Waals surface area contributed by atoms with E-state index in [0.29, 0.717) is 27.5 Å². The average molecular weight is 504 g/mol. The van der Waals surface area contributed by atoms with Gasteiger partial charge in [0.2, 0.25) is 0 Å². The van der Waals surface area contributed by atoms with Crippen molar-refractivity contribution >= 4 is 34.8 Å². The first-order valence-electron chi connectivity index (χ1n) is 10.2. The van der Waals surface area contributed by atoms with Crippen molar-refractivity contribution in [3.05, 3.63) is 99.2 Å². The highest BCUT2D eigenvalue weighted by molar-refractivity contribution is 6.34. The number of carbonyl (C=O) groups is 1. The van der Waals surface area contributed by atoms with Crippen LogP contribution in [0.4, 0.5) is 18.9 Å². The van der Waals surface area contributed by atoms with Crippen LogP contribution < -0.4 is 5.32 Å². The van der Waals surface area contributed by atoms with E-state index in [2.05, 4.69) is 10.4 Å². The van der Waals surface area contributed by atoms with Gasteiger partial charge in [-0.1, -0.05) is 53.5 Å². The van der Waals surface area contributed by atoms with Crippen LogP contribution >= 0.6 is 23.2 Å². The van der Waals surface area contributed by atoms with Crippen molar-refractivity contribution < 1.29 is 18.0 Å². The van der Waals surface area contributed by atoms with Crippen molar-refractivity contribution in [1.82, 2.24) is 9.78 Å². The second-order valence-corrected chi connectivity index (χ2v) is 8.56. The Hall–Kier alpha value is -3.29. The van der Waals surface area contributed by atoms with Gasteiger partial charge in [0.25, 0.3) is 5.91 Å². The molecule has 3 aromatic carbocycles. The molecule has 0 aliphatic heterocycles. The summed E-state index contributed by atoms with van der Waals surface area (Å²) in [6, 6.07) is 17.3. The molecule has 4 nitrogen and oxygen atoms in total. The minimum Gasteiger partial charge on any atom is -0.320 e. The zero-order chi connectivity index (χ0) is 24.6. The van der Waals surface area contributed by atoms with E-state index in [4.69, 9.17) is 23.2 Å². The lowest BCUT2D eigenvalue weighted by Crippen LogP contribution is -2.13. The predicted octanol–water partition coefficient (Wildman–Crippen LogP) is 7.73. The van der Waals surface area contributed by atoms with E-state index in [1.807, 2.05) is 19.9 Å². The lowest BCUT2D eigenvalue weighted by molar-refractivity contribution is -0.141. The quantitative estimate of drug-likeness (QED) is 0.309. The monoisotopic (exact) mass is 503 g/mol. The van der Waals surface area contributed by atoms with Crippen molar-refractivity contribution in [3.8, 4) is 16.9 Å². The number of rotatable bonds is 4. The fraction of sp³-hybridized carbons (Fsp3) is 0.120. The van der Waals surface area contributed by atoms with Gasteiger partial charge >= 0.3 is 6.18 Å². The van der Waals surface area contributed by atoms with Crippen LogP contribution in [-0.2, 0) is 6.18 Å². The van der Waals surface area contributed by atoms with Crippen LogP contribution in [0, 0.1) is 13.8 Å². The maximum atomic E-state index is 13.4. The lowest BCUT2D eigenvalue weighted by Gasteiger charge is -2.12. The van der Waals surface area contributed by atoms with Gasteiger partial charge < -0.3 is 5.32 Å². The van der Waals surface area contributed by atoms with Crippen LogP contribution in [0.3, 0.4) is 0 Å². The third-order valence-corrected chi connectivity index (χ3v) is 5.81. The lowest BCUT2D eigenvalue weighted by atomic mass is 10.1. The molecule has 0 fully saturated rings. The zero-order valence-electron chi connectivity index (χ0n) is 18.0. The normalized spacial score (nSPS) is 11.5. The Balaban J connectivity index is 1.69. The minimum absolute atomic E-state index is 0.185. The number of carbonyl (C=O) groups excluding carboxylic acids is 1. The highest BCUT2D eigenvalue weighted by Gasteiger charge is 2.35. The Labute approximate surface area is 203 Å². The molecular weight excluding hydrogens is 486 g/mol. The van der Waals surface area contributed by atoms with Gasteiger partial charge in [-0.3, -0.25) is 4.79 Å². The summed E-state index contributed by atoms with van der Waals surface area (Å²) < 4.78 is 41.4. The smallest absolute Gasteiger partial charge is 0.320 e. The molecule has 174 valence electrons. The number of hydrogen-bond acceptors (Lipinski definition) is 2. The number of nitrogens with one attached hydrogen (secondary N) is 1. The van der Waals surface area contributed by atoms with Crippen LogP contribution in [0.15, 0.2) is 66.7 Å². The molecule has 1 heterocycles. The van der Waals surface area contributed by atoms with E-state index in [0.717, 1.165) is 21.9 Å². The molecule has 4 rings (SSSR count). The van der Waals surface area contributed by atoms with Gasteiger partial charge in [-0.15, -0.1) is 0 Å². The molecule has 0 bridgehead atoms. The first-order valence-corrected chi connectivity index (χ1v) is 10.9. The van der Waals surface area contributed by atoms with E-state index < -0.39 is 17.8 Å². The van der Waals surface area contributed by atoms with E-state index in [1.54, 1.807) is 42.5 Å². The Kier molecular flexibility index (Phi) is 6.43. The number of amides is 1. The van der Waals surface area contributed by atoms with Crippen LogP contribution in [0.2, 0.25) is 10.0 Å². The van der Waals surface area contributed by atoms with E-state index in [9.17, 15) is 18.0 Å². The second kappa shape index (κ2) is 9.16. The summed E-state index contributed by atoms with van der Waals surface area (Å²) in [5.41, 5.74) is 2.49.